The average molecular weight is 381 g/mol. The highest BCUT2D eigenvalue weighted by atomic mass is 16.7. The Morgan fingerprint density at radius 2 is 1.82 bits per heavy atom. The maximum Gasteiger partial charge on any atom is 0.344 e. The second-order valence-electron chi connectivity index (χ2n) is 6.86. The summed E-state index contributed by atoms with van der Waals surface area (Å²) in [5.74, 6) is 1.42. The smallest absolute Gasteiger partial charge is 0.344 e. The first kappa shape index (κ1) is 18.4. The molecule has 1 aliphatic heterocycles. The molecule has 0 unspecified atom stereocenters. The average Bonchev–Trinajstić information content (AvgIpc) is 3.15. The van der Waals surface area contributed by atoms with Crippen molar-refractivity contribution in [1.82, 2.24) is 4.90 Å². The highest BCUT2D eigenvalue weighted by molar-refractivity contribution is 5.90. The van der Waals surface area contributed by atoms with Crippen molar-refractivity contribution in [2.75, 3.05) is 19.9 Å². The molecule has 2 aromatic carbocycles. The van der Waals surface area contributed by atoms with Gasteiger partial charge in [-0.25, -0.2) is 4.79 Å². The molecule has 1 N–H and O–H groups in total. The molecule has 0 radical (unpaired) electrons. The second kappa shape index (κ2) is 7.20. The highest BCUT2D eigenvalue weighted by Crippen LogP contribution is 2.38. The first-order valence-electron chi connectivity index (χ1n) is 9.44. The van der Waals surface area contributed by atoms with E-state index in [2.05, 4.69) is 18.7 Å². The Labute approximate surface area is 162 Å². The molecule has 28 heavy (non-hydrogen) atoms. The molecular weight excluding hydrogens is 358 g/mol. The van der Waals surface area contributed by atoms with Crippen molar-refractivity contribution in [3.05, 3.63) is 51.9 Å². The fourth-order valence-corrected chi connectivity index (χ4v) is 3.67. The van der Waals surface area contributed by atoms with Crippen molar-refractivity contribution < 1.29 is 19.0 Å². The van der Waals surface area contributed by atoms with Gasteiger partial charge in [-0.1, -0.05) is 19.9 Å². The van der Waals surface area contributed by atoms with Crippen LogP contribution in [0, 0.1) is 6.92 Å². The van der Waals surface area contributed by atoms with Gasteiger partial charge < -0.3 is 19.0 Å². The number of fused-ring (bicyclic) bond motifs is 2. The van der Waals surface area contributed by atoms with Crippen LogP contribution >= 0.6 is 0 Å². The zero-order valence-corrected chi connectivity index (χ0v) is 16.2. The number of aryl methyl sites for hydroxylation is 1. The van der Waals surface area contributed by atoms with Crippen LogP contribution in [0.3, 0.4) is 0 Å². The second-order valence-corrected chi connectivity index (χ2v) is 6.86. The quantitative estimate of drug-likeness (QED) is 0.673. The summed E-state index contributed by atoms with van der Waals surface area (Å²) in [6.45, 7) is 8.39. The minimum Gasteiger partial charge on any atom is -0.507 e. The molecule has 0 bridgehead atoms. The summed E-state index contributed by atoms with van der Waals surface area (Å²) in [5.41, 5.74) is 2.67. The predicted octanol–water partition coefficient (Wildman–Crippen LogP) is 4.04. The summed E-state index contributed by atoms with van der Waals surface area (Å²) < 4.78 is 16.5. The van der Waals surface area contributed by atoms with Crippen LogP contribution < -0.4 is 15.1 Å². The van der Waals surface area contributed by atoms with Gasteiger partial charge in [-0.15, -0.1) is 0 Å². The lowest BCUT2D eigenvalue weighted by Gasteiger charge is -2.20. The molecule has 0 saturated carbocycles. The van der Waals surface area contributed by atoms with E-state index in [1.54, 1.807) is 24.3 Å². The Morgan fingerprint density at radius 3 is 2.57 bits per heavy atom. The van der Waals surface area contributed by atoms with Gasteiger partial charge in [0.2, 0.25) is 6.79 Å². The van der Waals surface area contributed by atoms with Crippen molar-refractivity contribution >= 4 is 11.0 Å². The lowest BCUT2D eigenvalue weighted by atomic mass is 9.97. The van der Waals surface area contributed by atoms with Crippen LogP contribution in [0.15, 0.2) is 39.5 Å². The maximum atomic E-state index is 12.9. The minimum absolute atomic E-state index is 0.137. The van der Waals surface area contributed by atoms with Crippen LogP contribution in [0.25, 0.3) is 22.1 Å². The van der Waals surface area contributed by atoms with E-state index in [0.29, 0.717) is 34.8 Å². The first-order valence-corrected chi connectivity index (χ1v) is 9.44. The molecule has 0 aliphatic carbocycles. The fraction of sp³-hybridized carbons (Fsp3) is 0.318. The molecule has 6 nitrogen and oxygen atoms in total. The maximum absolute atomic E-state index is 12.9. The van der Waals surface area contributed by atoms with Crippen molar-refractivity contribution in [2.45, 2.75) is 27.3 Å². The molecule has 0 atom stereocenters. The number of hydrogen-bond acceptors (Lipinski definition) is 6. The number of phenolic OH excluding ortho intramolecular Hbond substituents is 1. The molecular formula is C22H23NO5. The van der Waals surface area contributed by atoms with Gasteiger partial charge in [-0.2, -0.15) is 0 Å². The Hall–Kier alpha value is -2.99. The Balaban J connectivity index is 1.90. The molecule has 1 aromatic heterocycles. The SMILES string of the molecule is CCN(CC)Cc1c(O)ccc2c(C)c(-c3ccc4c(c3)OCO4)c(=O)oc12. The van der Waals surface area contributed by atoms with E-state index in [-0.39, 0.29) is 12.5 Å². The van der Waals surface area contributed by atoms with Crippen molar-refractivity contribution in [1.29, 1.82) is 0 Å². The largest absolute Gasteiger partial charge is 0.507 e. The van der Waals surface area contributed by atoms with Crippen LogP contribution in [0.1, 0.15) is 25.0 Å². The number of phenols is 1. The molecule has 4 rings (SSSR count). The molecule has 2 heterocycles. The molecule has 0 fully saturated rings. The molecule has 1 aliphatic rings. The standard InChI is InChI=1S/C22H23NO5/c1-4-23(5-2)11-16-17(24)8-7-15-13(3)20(22(25)28-21(15)16)14-6-9-18-19(10-14)27-12-26-18/h6-10,24H,4-5,11-12H2,1-3H3. The van der Waals surface area contributed by atoms with Gasteiger partial charge in [0, 0.05) is 11.9 Å². The Morgan fingerprint density at radius 1 is 1.07 bits per heavy atom. The van der Waals surface area contributed by atoms with Gasteiger partial charge in [0.25, 0.3) is 0 Å². The fourth-order valence-electron chi connectivity index (χ4n) is 3.67. The van der Waals surface area contributed by atoms with E-state index in [9.17, 15) is 9.90 Å². The zero-order chi connectivity index (χ0) is 19.8. The summed E-state index contributed by atoms with van der Waals surface area (Å²) in [6, 6.07) is 8.88. The Kier molecular flexibility index (Phi) is 4.73. The number of benzene rings is 2. The summed E-state index contributed by atoms with van der Waals surface area (Å²) in [5, 5.41) is 11.2. The van der Waals surface area contributed by atoms with Crippen LogP contribution in [0.5, 0.6) is 17.2 Å². The topological polar surface area (TPSA) is 72.1 Å². The van der Waals surface area contributed by atoms with Crippen molar-refractivity contribution in [3.8, 4) is 28.4 Å². The van der Waals surface area contributed by atoms with Gasteiger partial charge in [0.05, 0.1) is 11.1 Å². The minimum atomic E-state index is -0.435. The summed E-state index contributed by atoms with van der Waals surface area (Å²) in [7, 11) is 0. The summed E-state index contributed by atoms with van der Waals surface area (Å²) >= 11 is 0. The molecule has 3 aromatic rings. The normalized spacial score (nSPS) is 12.9. The van der Waals surface area contributed by atoms with Gasteiger partial charge in [-0.05, 0) is 55.4 Å². The summed E-state index contributed by atoms with van der Waals surface area (Å²) in [4.78, 5) is 15.1. The van der Waals surface area contributed by atoms with Gasteiger partial charge >= 0.3 is 5.63 Å². The van der Waals surface area contributed by atoms with Gasteiger partial charge in [0.1, 0.15) is 11.3 Å². The first-order chi connectivity index (χ1) is 13.5. The third-order valence-corrected chi connectivity index (χ3v) is 5.35. The van der Waals surface area contributed by atoms with E-state index >= 15 is 0 Å². The lowest BCUT2D eigenvalue weighted by Crippen LogP contribution is -2.22. The van der Waals surface area contributed by atoms with Crippen molar-refractivity contribution in [3.63, 3.8) is 0 Å². The van der Waals surface area contributed by atoms with Crippen molar-refractivity contribution in [2.24, 2.45) is 0 Å². The third kappa shape index (κ3) is 2.99. The number of ether oxygens (including phenoxy) is 2. The lowest BCUT2D eigenvalue weighted by molar-refractivity contribution is 0.174. The van der Waals surface area contributed by atoms with E-state index in [0.717, 1.165) is 29.6 Å². The summed E-state index contributed by atoms with van der Waals surface area (Å²) in [6.07, 6.45) is 0. The number of nitrogens with zero attached hydrogens (tertiary/aromatic N) is 1. The highest BCUT2D eigenvalue weighted by Gasteiger charge is 2.21. The van der Waals surface area contributed by atoms with E-state index in [1.165, 1.54) is 0 Å². The molecule has 0 spiro atoms. The molecule has 6 heteroatoms. The van der Waals surface area contributed by atoms with Gasteiger partial charge in [0.15, 0.2) is 11.5 Å². The van der Waals surface area contributed by atoms with Crippen LogP contribution in [0.2, 0.25) is 0 Å². The molecule has 146 valence electrons. The Bertz CT molecular complexity index is 1100. The van der Waals surface area contributed by atoms with E-state index < -0.39 is 5.63 Å². The van der Waals surface area contributed by atoms with E-state index in [1.807, 2.05) is 13.0 Å². The zero-order valence-electron chi connectivity index (χ0n) is 16.2. The number of hydrogen-bond donors (Lipinski definition) is 1. The predicted molar refractivity (Wildman–Crippen MR) is 107 cm³/mol. The number of aromatic hydroxyl groups is 1. The molecule has 0 saturated heterocycles. The molecule has 0 amide bonds. The monoisotopic (exact) mass is 381 g/mol. The van der Waals surface area contributed by atoms with Crippen LogP contribution in [0.4, 0.5) is 0 Å². The van der Waals surface area contributed by atoms with Crippen LogP contribution in [-0.4, -0.2) is 29.9 Å². The third-order valence-electron chi connectivity index (χ3n) is 5.35. The van der Waals surface area contributed by atoms with Crippen LogP contribution in [-0.2, 0) is 6.54 Å². The van der Waals surface area contributed by atoms with Gasteiger partial charge in [-0.3, -0.25) is 4.90 Å². The van der Waals surface area contributed by atoms with E-state index in [4.69, 9.17) is 13.9 Å². The number of rotatable bonds is 5.